The number of nitrogens with one attached hydrogen (secondary N) is 1. The molecule has 1 saturated carbocycles. The van der Waals surface area contributed by atoms with Crippen molar-refractivity contribution >= 4 is 15.7 Å². The molecule has 0 amide bonds. The van der Waals surface area contributed by atoms with Crippen LogP contribution in [0.3, 0.4) is 0 Å². The van der Waals surface area contributed by atoms with Gasteiger partial charge >= 0.3 is 0 Å². The van der Waals surface area contributed by atoms with Crippen LogP contribution in [-0.4, -0.2) is 21.6 Å². The molecule has 1 atom stereocenters. The minimum atomic E-state index is -3.58. The summed E-state index contributed by atoms with van der Waals surface area (Å²) in [5.41, 5.74) is 6.02. The quantitative estimate of drug-likeness (QED) is 0.816. The smallest absolute Gasteiger partial charge is 0.242 e. The number of methoxy groups -OCH3 is 1. The van der Waals surface area contributed by atoms with Crippen LogP contribution in [-0.2, 0) is 10.0 Å². The lowest BCUT2D eigenvalue weighted by Gasteiger charge is -2.20. The molecule has 0 saturated heterocycles. The number of hydrogen-bond acceptors (Lipinski definition) is 4. The van der Waals surface area contributed by atoms with Crippen LogP contribution in [0.1, 0.15) is 32.6 Å². The molecule has 1 aliphatic carbocycles. The average molecular weight is 298 g/mol. The van der Waals surface area contributed by atoms with Crippen LogP contribution in [0.5, 0.6) is 5.75 Å². The van der Waals surface area contributed by atoms with Crippen LogP contribution in [0.4, 0.5) is 5.69 Å². The van der Waals surface area contributed by atoms with Crippen LogP contribution in [0, 0.1) is 5.92 Å². The Labute approximate surface area is 120 Å². The molecular formula is C14H22N2O3S. The van der Waals surface area contributed by atoms with Crippen molar-refractivity contribution < 1.29 is 13.2 Å². The second kappa shape index (κ2) is 6.01. The maximum absolute atomic E-state index is 12.4. The summed E-state index contributed by atoms with van der Waals surface area (Å²) in [6.45, 7) is 1.92. The van der Waals surface area contributed by atoms with Gasteiger partial charge in [-0.25, -0.2) is 13.1 Å². The Morgan fingerprint density at radius 1 is 1.35 bits per heavy atom. The minimum Gasteiger partial charge on any atom is -0.497 e. The van der Waals surface area contributed by atoms with Crippen molar-refractivity contribution in [1.29, 1.82) is 0 Å². The van der Waals surface area contributed by atoms with Crippen LogP contribution in [0.15, 0.2) is 23.1 Å². The Hall–Kier alpha value is -1.27. The molecule has 1 aliphatic rings. The zero-order valence-corrected chi connectivity index (χ0v) is 12.7. The van der Waals surface area contributed by atoms with E-state index in [4.69, 9.17) is 10.5 Å². The van der Waals surface area contributed by atoms with Crippen LogP contribution < -0.4 is 15.2 Å². The lowest BCUT2D eigenvalue weighted by Crippen LogP contribution is -2.37. The van der Waals surface area contributed by atoms with Crippen molar-refractivity contribution in [2.75, 3.05) is 12.8 Å². The number of benzene rings is 1. The zero-order chi connectivity index (χ0) is 14.8. The highest BCUT2D eigenvalue weighted by atomic mass is 32.2. The second-order valence-electron chi connectivity index (χ2n) is 5.36. The molecule has 1 aromatic carbocycles. The predicted octanol–water partition coefficient (Wildman–Crippen LogP) is 2.13. The number of sulfonamides is 1. The molecule has 20 heavy (non-hydrogen) atoms. The van der Waals surface area contributed by atoms with E-state index in [1.54, 1.807) is 6.07 Å². The third-order valence-corrected chi connectivity index (χ3v) is 5.59. The van der Waals surface area contributed by atoms with Gasteiger partial charge in [0.1, 0.15) is 10.6 Å². The zero-order valence-electron chi connectivity index (χ0n) is 11.9. The molecule has 0 bridgehead atoms. The summed E-state index contributed by atoms with van der Waals surface area (Å²) in [4.78, 5) is 0.114. The maximum atomic E-state index is 12.4. The van der Waals surface area contributed by atoms with E-state index in [0.717, 1.165) is 12.8 Å². The lowest BCUT2D eigenvalue weighted by molar-refractivity contribution is 0.414. The average Bonchev–Trinajstić information content (AvgIpc) is 2.91. The minimum absolute atomic E-state index is 0.0657. The van der Waals surface area contributed by atoms with Gasteiger partial charge in [-0.15, -0.1) is 0 Å². The van der Waals surface area contributed by atoms with E-state index in [-0.39, 0.29) is 16.6 Å². The summed E-state index contributed by atoms with van der Waals surface area (Å²) < 4.78 is 32.5. The Balaban J connectivity index is 2.17. The van der Waals surface area contributed by atoms with E-state index in [2.05, 4.69) is 4.72 Å². The topological polar surface area (TPSA) is 81.4 Å². The standard InChI is InChI=1S/C14H22N2O3S/c1-10(11-5-3-4-6-11)16-20(17,18)14-8-7-12(19-2)9-13(14)15/h7-11,16H,3-6,15H2,1-2H3. The first-order valence-corrected chi connectivity index (χ1v) is 8.38. The van der Waals surface area contributed by atoms with Crippen LogP contribution in [0.25, 0.3) is 0 Å². The summed E-state index contributed by atoms with van der Waals surface area (Å²) in [6.07, 6.45) is 4.53. The summed E-state index contributed by atoms with van der Waals surface area (Å²) in [7, 11) is -2.07. The van der Waals surface area contributed by atoms with E-state index in [1.165, 1.54) is 32.1 Å². The fraction of sp³-hybridized carbons (Fsp3) is 0.571. The van der Waals surface area contributed by atoms with Crippen molar-refractivity contribution in [2.24, 2.45) is 5.92 Å². The Morgan fingerprint density at radius 3 is 2.55 bits per heavy atom. The van der Waals surface area contributed by atoms with Crippen molar-refractivity contribution in [3.63, 3.8) is 0 Å². The number of anilines is 1. The summed E-state index contributed by atoms with van der Waals surface area (Å²) in [6, 6.07) is 4.54. The monoisotopic (exact) mass is 298 g/mol. The van der Waals surface area contributed by atoms with Gasteiger partial charge in [0.15, 0.2) is 0 Å². The van der Waals surface area contributed by atoms with E-state index in [9.17, 15) is 8.42 Å². The molecule has 0 heterocycles. The molecule has 5 nitrogen and oxygen atoms in total. The Bertz CT molecular complexity index is 566. The van der Waals surface area contributed by atoms with E-state index < -0.39 is 10.0 Å². The number of nitrogen functional groups attached to an aromatic ring is 1. The van der Waals surface area contributed by atoms with Gasteiger partial charge in [-0.05, 0) is 37.8 Å². The Kier molecular flexibility index (Phi) is 4.55. The number of rotatable bonds is 5. The third-order valence-electron chi connectivity index (χ3n) is 3.95. The lowest BCUT2D eigenvalue weighted by atomic mass is 10.0. The first-order valence-electron chi connectivity index (χ1n) is 6.90. The first kappa shape index (κ1) is 15.1. The maximum Gasteiger partial charge on any atom is 0.242 e. The van der Waals surface area contributed by atoms with Gasteiger partial charge in [0.25, 0.3) is 0 Å². The molecule has 6 heteroatoms. The molecule has 1 unspecified atom stereocenters. The normalized spacial score (nSPS) is 18.1. The van der Waals surface area contributed by atoms with Gasteiger partial charge in [-0.2, -0.15) is 0 Å². The summed E-state index contributed by atoms with van der Waals surface area (Å²) in [5.74, 6) is 0.967. The first-order chi connectivity index (χ1) is 9.44. The molecule has 3 N–H and O–H groups in total. The molecule has 0 radical (unpaired) electrons. The number of nitrogens with two attached hydrogens (primary N) is 1. The van der Waals surface area contributed by atoms with Crippen molar-refractivity contribution in [1.82, 2.24) is 4.72 Å². The molecule has 2 rings (SSSR count). The molecule has 1 aromatic rings. The SMILES string of the molecule is COc1ccc(S(=O)(=O)NC(C)C2CCCC2)c(N)c1. The van der Waals surface area contributed by atoms with Crippen molar-refractivity contribution in [3.05, 3.63) is 18.2 Å². The highest BCUT2D eigenvalue weighted by Crippen LogP contribution is 2.29. The Morgan fingerprint density at radius 2 is 2.00 bits per heavy atom. The van der Waals surface area contributed by atoms with Gasteiger partial charge in [0, 0.05) is 12.1 Å². The third kappa shape index (κ3) is 3.24. The van der Waals surface area contributed by atoms with Crippen LogP contribution >= 0.6 is 0 Å². The van der Waals surface area contributed by atoms with E-state index in [1.807, 2.05) is 6.92 Å². The van der Waals surface area contributed by atoms with Crippen molar-refractivity contribution in [3.8, 4) is 5.75 Å². The molecule has 0 aliphatic heterocycles. The second-order valence-corrected chi connectivity index (χ2v) is 7.04. The highest BCUT2D eigenvalue weighted by Gasteiger charge is 2.27. The van der Waals surface area contributed by atoms with Gasteiger partial charge in [0.05, 0.1) is 12.8 Å². The largest absolute Gasteiger partial charge is 0.497 e. The number of ether oxygens (including phenoxy) is 1. The van der Waals surface area contributed by atoms with Gasteiger partial charge in [-0.3, -0.25) is 0 Å². The summed E-state index contributed by atoms with van der Waals surface area (Å²) in [5, 5.41) is 0. The molecular weight excluding hydrogens is 276 g/mol. The van der Waals surface area contributed by atoms with Crippen molar-refractivity contribution in [2.45, 2.75) is 43.5 Å². The fourth-order valence-electron chi connectivity index (χ4n) is 2.76. The molecule has 0 spiro atoms. The van der Waals surface area contributed by atoms with E-state index in [0.29, 0.717) is 11.7 Å². The van der Waals surface area contributed by atoms with Gasteiger partial charge in [-0.1, -0.05) is 12.8 Å². The van der Waals surface area contributed by atoms with Crippen LogP contribution in [0.2, 0.25) is 0 Å². The summed E-state index contributed by atoms with van der Waals surface area (Å²) >= 11 is 0. The fourth-order valence-corrected chi connectivity index (χ4v) is 4.19. The van der Waals surface area contributed by atoms with Gasteiger partial charge < -0.3 is 10.5 Å². The van der Waals surface area contributed by atoms with E-state index >= 15 is 0 Å². The highest BCUT2D eigenvalue weighted by molar-refractivity contribution is 7.89. The predicted molar refractivity (Wildman–Crippen MR) is 79.1 cm³/mol. The molecule has 0 aromatic heterocycles. The molecule has 112 valence electrons. The van der Waals surface area contributed by atoms with Gasteiger partial charge in [0.2, 0.25) is 10.0 Å². The number of hydrogen-bond donors (Lipinski definition) is 2. The molecule has 1 fully saturated rings.